The first kappa shape index (κ1) is 15.8. The molecule has 0 heterocycles. The van der Waals surface area contributed by atoms with Crippen molar-refractivity contribution in [2.75, 3.05) is 20.3 Å². The number of rotatable bonds is 7. The van der Waals surface area contributed by atoms with Crippen LogP contribution >= 0.6 is 0 Å². The van der Waals surface area contributed by atoms with Gasteiger partial charge in [0, 0.05) is 12.1 Å². The normalized spacial score (nSPS) is 11.6. The SMILES string of the molecule is COc1ccc(C=CC(=NOCCN)c2ccccc2)cc1. The summed E-state index contributed by atoms with van der Waals surface area (Å²) in [7, 11) is 1.65. The molecule has 2 aromatic carbocycles. The Balaban J connectivity index is 2.17. The van der Waals surface area contributed by atoms with Crippen molar-refractivity contribution in [3.8, 4) is 5.75 Å². The molecule has 2 N–H and O–H groups in total. The largest absolute Gasteiger partial charge is 0.497 e. The van der Waals surface area contributed by atoms with Gasteiger partial charge in [0.25, 0.3) is 0 Å². The topological polar surface area (TPSA) is 56.8 Å². The van der Waals surface area contributed by atoms with E-state index < -0.39 is 0 Å². The van der Waals surface area contributed by atoms with Crippen LogP contribution in [0.25, 0.3) is 6.08 Å². The van der Waals surface area contributed by atoms with E-state index in [-0.39, 0.29) is 0 Å². The second-order valence-corrected chi connectivity index (χ2v) is 4.57. The van der Waals surface area contributed by atoms with Crippen molar-refractivity contribution in [1.29, 1.82) is 0 Å². The van der Waals surface area contributed by atoms with E-state index in [4.69, 9.17) is 15.3 Å². The Morgan fingerprint density at radius 2 is 1.82 bits per heavy atom. The molecule has 0 amide bonds. The number of ether oxygens (including phenoxy) is 1. The molecular formula is C18H20N2O2. The van der Waals surface area contributed by atoms with Gasteiger partial charge in [-0.3, -0.25) is 0 Å². The minimum atomic E-state index is 0.396. The van der Waals surface area contributed by atoms with Crippen molar-refractivity contribution in [3.63, 3.8) is 0 Å². The molecule has 0 saturated heterocycles. The van der Waals surface area contributed by atoms with Gasteiger partial charge in [0.15, 0.2) is 0 Å². The first-order valence-corrected chi connectivity index (χ1v) is 7.11. The molecular weight excluding hydrogens is 276 g/mol. The molecule has 0 aliphatic heterocycles. The van der Waals surface area contributed by atoms with Crippen molar-refractivity contribution >= 4 is 11.8 Å². The summed E-state index contributed by atoms with van der Waals surface area (Å²) in [5.41, 5.74) is 8.22. The fourth-order valence-corrected chi connectivity index (χ4v) is 1.85. The second-order valence-electron chi connectivity index (χ2n) is 4.57. The van der Waals surface area contributed by atoms with Crippen LogP contribution < -0.4 is 10.5 Å². The van der Waals surface area contributed by atoms with E-state index in [1.54, 1.807) is 7.11 Å². The third-order valence-corrected chi connectivity index (χ3v) is 2.99. The summed E-state index contributed by atoms with van der Waals surface area (Å²) in [6.45, 7) is 0.834. The molecule has 0 radical (unpaired) electrons. The van der Waals surface area contributed by atoms with Crippen LogP contribution in [0, 0.1) is 0 Å². The van der Waals surface area contributed by atoms with Gasteiger partial charge in [-0.15, -0.1) is 0 Å². The van der Waals surface area contributed by atoms with Crippen molar-refractivity contribution in [2.45, 2.75) is 0 Å². The minimum absolute atomic E-state index is 0.396. The van der Waals surface area contributed by atoms with Crippen molar-refractivity contribution < 1.29 is 9.57 Å². The van der Waals surface area contributed by atoms with Crippen LogP contribution in [0.5, 0.6) is 5.75 Å². The molecule has 0 aromatic heterocycles. The van der Waals surface area contributed by atoms with Crippen molar-refractivity contribution in [2.24, 2.45) is 10.9 Å². The third kappa shape index (κ3) is 4.75. The molecule has 0 fully saturated rings. The molecule has 22 heavy (non-hydrogen) atoms. The summed E-state index contributed by atoms with van der Waals surface area (Å²) in [5.74, 6) is 0.834. The van der Waals surface area contributed by atoms with Gasteiger partial charge in [0.1, 0.15) is 18.1 Å². The molecule has 2 rings (SSSR count). The van der Waals surface area contributed by atoms with E-state index in [1.165, 1.54) is 0 Å². The number of hydrogen-bond donors (Lipinski definition) is 1. The number of nitrogens with zero attached hydrogens (tertiary/aromatic N) is 1. The summed E-state index contributed by atoms with van der Waals surface area (Å²) in [5, 5.41) is 4.16. The quantitative estimate of drug-likeness (QED) is 0.485. The van der Waals surface area contributed by atoms with E-state index in [0.717, 1.165) is 22.6 Å². The molecule has 0 atom stereocenters. The molecule has 0 bridgehead atoms. The Morgan fingerprint density at radius 1 is 1.09 bits per heavy atom. The summed E-state index contributed by atoms with van der Waals surface area (Å²) in [6.07, 6.45) is 3.91. The second kappa shape index (κ2) is 8.64. The highest BCUT2D eigenvalue weighted by molar-refractivity contribution is 6.10. The Labute approximate surface area is 130 Å². The molecule has 4 nitrogen and oxygen atoms in total. The van der Waals surface area contributed by atoms with E-state index in [1.807, 2.05) is 66.7 Å². The van der Waals surface area contributed by atoms with Crippen LogP contribution in [0.3, 0.4) is 0 Å². The zero-order valence-corrected chi connectivity index (χ0v) is 12.6. The first-order chi connectivity index (χ1) is 10.8. The zero-order chi connectivity index (χ0) is 15.6. The molecule has 2 aromatic rings. The number of benzene rings is 2. The van der Waals surface area contributed by atoms with Crippen molar-refractivity contribution in [3.05, 3.63) is 71.8 Å². The lowest BCUT2D eigenvalue weighted by Crippen LogP contribution is -2.07. The first-order valence-electron chi connectivity index (χ1n) is 7.11. The Kier molecular flexibility index (Phi) is 6.20. The van der Waals surface area contributed by atoms with Crippen LogP contribution in [0.4, 0.5) is 0 Å². The van der Waals surface area contributed by atoms with Gasteiger partial charge in [-0.1, -0.05) is 53.7 Å². The van der Waals surface area contributed by atoms with Gasteiger partial charge >= 0.3 is 0 Å². The lowest BCUT2D eigenvalue weighted by atomic mass is 10.1. The highest BCUT2D eigenvalue weighted by Gasteiger charge is 2.00. The Hall–Kier alpha value is -2.59. The average molecular weight is 296 g/mol. The molecule has 114 valence electrons. The number of oxime groups is 1. The summed E-state index contributed by atoms with van der Waals surface area (Å²) >= 11 is 0. The van der Waals surface area contributed by atoms with Crippen LogP contribution in [-0.4, -0.2) is 26.0 Å². The van der Waals surface area contributed by atoms with Gasteiger partial charge in [0.2, 0.25) is 0 Å². The average Bonchev–Trinajstić information content (AvgIpc) is 2.59. The molecule has 0 aliphatic rings. The maximum atomic E-state index is 5.42. The van der Waals surface area contributed by atoms with Gasteiger partial charge in [0.05, 0.1) is 7.11 Å². The van der Waals surface area contributed by atoms with Crippen LogP contribution in [0.1, 0.15) is 11.1 Å². The van der Waals surface area contributed by atoms with Crippen molar-refractivity contribution in [1.82, 2.24) is 0 Å². The molecule has 0 saturated carbocycles. The maximum Gasteiger partial charge on any atom is 0.129 e. The van der Waals surface area contributed by atoms with Crippen LogP contribution in [-0.2, 0) is 4.84 Å². The Bertz CT molecular complexity index is 619. The number of methoxy groups -OCH3 is 1. The molecule has 0 unspecified atom stereocenters. The van der Waals surface area contributed by atoms with Gasteiger partial charge < -0.3 is 15.3 Å². The van der Waals surface area contributed by atoms with Crippen LogP contribution in [0.15, 0.2) is 65.8 Å². The number of hydrogen-bond acceptors (Lipinski definition) is 4. The van der Waals surface area contributed by atoms with E-state index in [9.17, 15) is 0 Å². The monoisotopic (exact) mass is 296 g/mol. The Morgan fingerprint density at radius 3 is 2.45 bits per heavy atom. The number of allylic oxidation sites excluding steroid dienone is 1. The summed E-state index contributed by atoms with van der Waals surface area (Å²) in [4.78, 5) is 5.22. The predicted molar refractivity (Wildman–Crippen MR) is 90.0 cm³/mol. The fourth-order valence-electron chi connectivity index (χ4n) is 1.85. The minimum Gasteiger partial charge on any atom is -0.497 e. The van der Waals surface area contributed by atoms with E-state index >= 15 is 0 Å². The van der Waals surface area contributed by atoms with E-state index in [2.05, 4.69) is 5.16 Å². The molecule has 4 heteroatoms. The lowest BCUT2D eigenvalue weighted by Gasteiger charge is -2.03. The summed E-state index contributed by atoms with van der Waals surface area (Å²) < 4.78 is 5.15. The third-order valence-electron chi connectivity index (χ3n) is 2.99. The number of nitrogens with two attached hydrogens (primary N) is 1. The zero-order valence-electron chi connectivity index (χ0n) is 12.6. The smallest absolute Gasteiger partial charge is 0.129 e. The van der Waals surface area contributed by atoms with Crippen LogP contribution in [0.2, 0.25) is 0 Å². The highest BCUT2D eigenvalue weighted by atomic mass is 16.6. The maximum absolute atomic E-state index is 5.42. The van der Waals surface area contributed by atoms with Gasteiger partial charge in [-0.25, -0.2) is 0 Å². The lowest BCUT2D eigenvalue weighted by molar-refractivity contribution is 0.153. The van der Waals surface area contributed by atoms with Gasteiger partial charge in [-0.2, -0.15) is 0 Å². The predicted octanol–water partition coefficient (Wildman–Crippen LogP) is 3.09. The fraction of sp³-hybridized carbons (Fsp3) is 0.167. The van der Waals surface area contributed by atoms with E-state index in [0.29, 0.717) is 13.2 Å². The molecule has 0 aliphatic carbocycles. The standard InChI is InChI=1S/C18H20N2O2/c1-21-17-10-7-15(8-11-17)9-12-18(20-22-14-13-19)16-5-3-2-4-6-16/h2-12H,13-14,19H2,1H3. The molecule has 0 spiro atoms. The van der Waals surface area contributed by atoms with Gasteiger partial charge in [-0.05, 0) is 23.8 Å². The summed E-state index contributed by atoms with van der Waals surface area (Å²) in [6, 6.07) is 17.7. The highest BCUT2D eigenvalue weighted by Crippen LogP contribution is 2.13.